The number of hydrogen-bond acceptors (Lipinski definition) is 6. The van der Waals surface area contributed by atoms with Crippen molar-refractivity contribution in [3.63, 3.8) is 0 Å². The number of hydrogen-bond donors (Lipinski definition) is 0. The molecule has 6 heteroatoms. The molecule has 6 nitrogen and oxygen atoms in total. The van der Waals surface area contributed by atoms with Crippen LogP contribution < -0.4 is 10.4 Å². The first-order chi connectivity index (χ1) is 14.5. The van der Waals surface area contributed by atoms with Crippen LogP contribution in [0.15, 0.2) is 76.2 Å². The molecule has 0 aliphatic carbocycles. The molecule has 0 spiro atoms. The van der Waals surface area contributed by atoms with E-state index in [0.29, 0.717) is 22.6 Å². The lowest BCUT2D eigenvalue weighted by Gasteiger charge is -2.12. The largest absolute Gasteiger partial charge is 0.457 e. The van der Waals surface area contributed by atoms with Crippen LogP contribution in [0.25, 0.3) is 11.0 Å². The molecule has 0 saturated heterocycles. The first-order valence-corrected chi connectivity index (χ1v) is 9.40. The van der Waals surface area contributed by atoms with Crippen molar-refractivity contribution in [2.75, 3.05) is 0 Å². The summed E-state index contributed by atoms with van der Waals surface area (Å²) in [6, 6.07) is 15.4. The number of para-hydroxylation sites is 1. The Balaban J connectivity index is 1.59. The van der Waals surface area contributed by atoms with Gasteiger partial charge in [0.15, 0.2) is 0 Å². The number of ether oxygens (including phenoxy) is 2. The van der Waals surface area contributed by atoms with Crippen LogP contribution in [0.3, 0.4) is 0 Å². The molecule has 0 amide bonds. The van der Waals surface area contributed by atoms with E-state index in [0.717, 1.165) is 16.5 Å². The highest BCUT2D eigenvalue weighted by Gasteiger charge is 2.16. The number of nitrogens with zero attached hydrogens (tertiary/aromatic N) is 1. The van der Waals surface area contributed by atoms with Gasteiger partial charge in [-0.15, -0.1) is 0 Å². The highest BCUT2D eigenvalue weighted by molar-refractivity contribution is 5.93. The summed E-state index contributed by atoms with van der Waals surface area (Å²) < 4.78 is 16.7. The van der Waals surface area contributed by atoms with Gasteiger partial charge in [0, 0.05) is 23.2 Å². The zero-order valence-corrected chi connectivity index (χ0v) is 16.5. The summed E-state index contributed by atoms with van der Waals surface area (Å²) in [6.07, 6.45) is 3.19. The van der Waals surface area contributed by atoms with Crippen LogP contribution in [0.1, 0.15) is 27.0 Å². The maximum Gasteiger partial charge on any atom is 0.342 e. The Kier molecular flexibility index (Phi) is 5.30. The van der Waals surface area contributed by atoms with Crippen LogP contribution in [0, 0.1) is 13.8 Å². The van der Waals surface area contributed by atoms with E-state index in [1.165, 1.54) is 6.07 Å². The van der Waals surface area contributed by atoms with Crippen molar-refractivity contribution in [1.29, 1.82) is 0 Å². The van der Waals surface area contributed by atoms with E-state index in [2.05, 4.69) is 4.98 Å². The minimum atomic E-state index is -0.556. The number of aryl methyl sites for hydroxylation is 2. The molecule has 4 rings (SSSR count). The SMILES string of the molecule is Cc1ccc2c(COC(=O)c3ccccc3Oc3cccnc3)cc(=O)oc2c1C. The van der Waals surface area contributed by atoms with Crippen LogP contribution in [-0.4, -0.2) is 11.0 Å². The lowest BCUT2D eigenvalue weighted by molar-refractivity contribution is 0.0471. The summed E-state index contributed by atoms with van der Waals surface area (Å²) in [5.74, 6) is 0.314. The Morgan fingerprint density at radius 2 is 1.90 bits per heavy atom. The Morgan fingerprint density at radius 3 is 2.70 bits per heavy atom. The van der Waals surface area contributed by atoms with Gasteiger partial charge in [-0.1, -0.05) is 24.3 Å². The normalized spacial score (nSPS) is 10.7. The average molecular weight is 401 g/mol. The first-order valence-electron chi connectivity index (χ1n) is 9.40. The molecule has 0 N–H and O–H groups in total. The van der Waals surface area contributed by atoms with Gasteiger partial charge >= 0.3 is 11.6 Å². The average Bonchev–Trinajstić information content (AvgIpc) is 2.76. The quantitative estimate of drug-likeness (QED) is 0.348. The highest BCUT2D eigenvalue weighted by Crippen LogP contribution is 2.27. The predicted octanol–water partition coefficient (Wildman–Crippen LogP) is 4.95. The van der Waals surface area contributed by atoms with E-state index in [9.17, 15) is 9.59 Å². The van der Waals surface area contributed by atoms with Crippen LogP contribution in [0.5, 0.6) is 11.5 Å². The monoisotopic (exact) mass is 401 g/mol. The van der Waals surface area contributed by atoms with Crippen molar-refractivity contribution in [2.24, 2.45) is 0 Å². The van der Waals surface area contributed by atoms with Crippen molar-refractivity contribution in [3.8, 4) is 11.5 Å². The molecule has 2 aromatic carbocycles. The van der Waals surface area contributed by atoms with Gasteiger partial charge < -0.3 is 13.9 Å². The van der Waals surface area contributed by atoms with Gasteiger partial charge in [0.2, 0.25) is 0 Å². The zero-order valence-electron chi connectivity index (χ0n) is 16.5. The fourth-order valence-electron chi connectivity index (χ4n) is 3.12. The number of carbonyl (C=O) groups excluding carboxylic acids is 1. The molecule has 0 aliphatic rings. The maximum atomic E-state index is 12.8. The highest BCUT2D eigenvalue weighted by atomic mass is 16.5. The van der Waals surface area contributed by atoms with E-state index >= 15 is 0 Å². The van der Waals surface area contributed by atoms with Gasteiger partial charge in [0.1, 0.15) is 29.3 Å². The Bertz CT molecular complexity index is 1280. The van der Waals surface area contributed by atoms with E-state index in [1.807, 2.05) is 26.0 Å². The molecular weight excluding hydrogens is 382 g/mol. The molecular formula is C24H19NO5. The molecule has 2 heterocycles. The number of pyridine rings is 1. The predicted molar refractivity (Wildman–Crippen MR) is 112 cm³/mol. The summed E-state index contributed by atoms with van der Waals surface area (Å²) in [6.45, 7) is 3.77. The second-order valence-electron chi connectivity index (χ2n) is 6.84. The van der Waals surface area contributed by atoms with Crippen molar-refractivity contribution < 1.29 is 18.7 Å². The van der Waals surface area contributed by atoms with Gasteiger partial charge in [0.05, 0.1) is 6.20 Å². The second kappa shape index (κ2) is 8.21. The Morgan fingerprint density at radius 1 is 1.07 bits per heavy atom. The van der Waals surface area contributed by atoms with Crippen molar-refractivity contribution in [3.05, 3.63) is 99.7 Å². The minimum absolute atomic E-state index is 0.0648. The molecule has 0 radical (unpaired) electrons. The third kappa shape index (κ3) is 3.93. The molecule has 0 atom stereocenters. The molecule has 150 valence electrons. The summed E-state index contributed by atoms with van der Waals surface area (Å²) in [4.78, 5) is 28.8. The number of aromatic nitrogens is 1. The second-order valence-corrected chi connectivity index (χ2v) is 6.84. The lowest BCUT2D eigenvalue weighted by atomic mass is 10.0. The number of esters is 1. The van der Waals surface area contributed by atoms with Crippen LogP contribution >= 0.6 is 0 Å². The van der Waals surface area contributed by atoms with Crippen molar-refractivity contribution in [2.45, 2.75) is 20.5 Å². The van der Waals surface area contributed by atoms with Crippen LogP contribution in [-0.2, 0) is 11.3 Å². The number of rotatable bonds is 5. The Hall–Kier alpha value is -3.93. The van der Waals surface area contributed by atoms with Gasteiger partial charge in [-0.05, 0) is 49.2 Å². The van der Waals surface area contributed by atoms with Crippen LogP contribution in [0.2, 0.25) is 0 Å². The van der Waals surface area contributed by atoms with E-state index in [1.54, 1.807) is 48.8 Å². The number of fused-ring (bicyclic) bond motifs is 1. The smallest absolute Gasteiger partial charge is 0.342 e. The fraction of sp³-hybridized carbons (Fsp3) is 0.125. The topological polar surface area (TPSA) is 78.6 Å². The number of carbonyl (C=O) groups is 1. The van der Waals surface area contributed by atoms with Gasteiger partial charge in [-0.2, -0.15) is 0 Å². The van der Waals surface area contributed by atoms with Crippen LogP contribution in [0.4, 0.5) is 0 Å². The third-order valence-corrected chi connectivity index (χ3v) is 4.85. The van der Waals surface area contributed by atoms with Gasteiger partial charge in [-0.3, -0.25) is 4.98 Å². The third-order valence-electron chi connectivity index (χ3n) is 4.85. The minimum Gasteiger partial charge on any atom is -0.457 e. The van der Waals surface area contributed by atoms with E-state index < -0.39 is 11.6 Å². The first kappa shape index (κ1) is 19.4. The molecule has 0 saturated carbocycles. The van der Waals surface area contributed by atoms with Crippen molar-refractivity contribution in [1.82, 2.24) is 4.98 Å². The summed E-state index contributed by atoms with van der Waals surface area (Å²) in [5, 5.41) is 0.741. The molecule has 0 bridgehead atoms. The summed E-state index contributed by atoms with van der Waals surface area (Å²) in [5.41, 5.74) is 2.79. The van der Waals surface area contributed by atoms with Gasteiger partial charge in [0.25, 0.3) is 0 Å². The summed E-state index contributed by atoms with van der Waals surface area (Å²) in [7, 11) is 0. The molecule has 0 unspecified atom stereocenters. The summed E-state index contributed by atoms with van der Waals surface area (Å²) >= 11 is 0. The van der Waals surface area contributed by atoms with Crippen molar-refractivity contribution >= 4 is 16.9 Å². The molecule has 0 aliphatic heterocycles. The zero-order chi connectivity index (χ0) is 21.1. The standard InChI is InChI=1S/C24H19NO5/c1-15-9-10-19-17(12-22(26)30-23(19)16(15)2)14-28-24(27)20-7-3-4-8-21(20)29-18-6-5-11-25-13-18/h3-13H,14H2,1-2H3. The molecule has 30 heavy (non-hydrogen) atoms. The van der Waals surface area contributed by atoms with E-state index in [4.69, 9.17) is 13.9 Å². The maximum absolute atomic E-state index is 12.8. The lowest BCUT2D eigenvalue weighted by Crippen LogP contribution is -2.09. The van der Waals surface area contributed by atoms with E-state index in [-0.39, 0.29) is 12.2 Å². The molecule has 2 aromatic heterocycles. The molecule has 4 aromatic rings. The van der Waals surface area contributed by atoms with Gasteiger partial charge in [-0.25, -0.2) is 9.59 Å². The Labute approximate surface area is 172 Å². The fourth-order valence-corrected chi connectivity index (χ4v) is 3.12. The number of benzene rings is 2. The molecule has 0 fully saturated rings.